The van der Waals surface area contributed by atoms with Crippen molar-refractivity contribution in [3.63, 3.8) is 0 Å². The Labute approximate surface area is 152 Å². The van der Waals surface area contributed by atoms with E-state index in [2.05, 4.69) is 41.2 Å². The van der Waals surface area contributed by atoms with E-state index in [1.54, 1.807) is 12.4 Å². The molecule has 7 nitrogen and oxygen atoms in total. The maximum absolute atomic E-state index is 10.2. The zero-order valence-electron chi connectivity index (χ0n) is 15.2. The van der Waals surface area contributed by atoms with Crippen molar-refractivity contribution in [2.45, 2.75) is 38.8 Å². The van der Waals surface area contributed by atoms with Gasteiger partial charge in [-0.05, 0) is 40.5 Å². The molecule has 1 unspecified atom stereocenters. The number of aromatic nitrogens is 5. The Morgan fingerprint density at radius 2 is 1.92 bits per heavy atom. The fourth-order valence-corrected chi connectivity index (χ4v) is 2.42. The van der Waals surface area contributed by atoms with Crippen LogP contribution in [-0.2, 0) is 12.0 Å². The van der Waals surface area contributed by atoms with Gasteiger partial charge in [-0.3, -0.25) is 4.98 Å². The van der Waals surface area contributed by atoms with Crippen LogP contribution in [0, 0.1) is 0 Å². The van der Waals surface area contributed by atoms with Crippen LogP contribution in [0.3, 0.4) is 0 Å². The first-order chi connectivity index (χ1) is 12.4. The highest BCUT2D eigenvalue weighted by Gasteiger charge is 2.14. The van der Waals surface area contributed by atoms with Gasteiger partial charge >= 0.3 is 0 Å². The van der Waals surface area contributed by atoms with Crippen molar-refractivity contribution in [1.29, 1.82) is 0 Å². The maximum Gasteiger partial charge on any atom is 0.206 e. The standard InChI is InChI=1S/C19H23N5O2/c1-19(2,3)15-6-8-17(9-7-15)26-13-16(25)12-24-22-18(21-23-24)14-5-4-10-20-11-14/h4-11,16,25H,12-13H2,1-3H3. The summed E-state index contributed by atoms with van der Waals surface area (Å²) in [4.78, 5) is 5.39. The largest absolute Gasteiger partial charge is 0.491 e. The third kappa shape index (κ3) is 4.64. The molecule has 2 heterocycles. The first kappa shape index (κ1) is 18.0. The summed E-state index contributed by atoms with van der Waals surface area (Å²) >= 11 is 0. The highest BCUT2D eigenvalue weighted by Crippen LogP contribution is 2.24. The van der Waals surface area contributed by atoms with Crippen LogP contribution in [-0.4, -0.2) is 43.0 Å². The minimum absolute atomic E-state index is 0.1000. The second-order valence-electron chi connectivity index (χ2n) is 7.15. The molecular formula is C19H23N5O2. The molecular weight excluding hydrogens is 330 g/mol. The van der Waals surface area contributed by atoms with Gasteiger partial charge in [0.05, 0.1) is 6.54 Å². The van der Waals surface area contributed by atoms with E-state index in [1.165, 1.54) is 10.4 Å². The van der Waals surface area contributed by atoms with E-state index in [9.17, 15) is 5.11 Å². The molecule has 2 aromatic heterocycles. The molecule has 7 heteroatoms. The summed E-state index contributed by atoms with van der Waals surface area (Å²) in [6, 6.07) is 11.6. The van der Waals surface area contributed by atoms with Crippen molar-refractivity contribution < 1.29 is 9.84 Å². The lowest BCUT2D eigenvalue weighted by Gasteiger charge is -2.19. The van der Waals surface area contributed by atoms with Crippen molar-refractivity contribution in [1.82, 2.24) is 25.2 Å². The molecule has 3 rings (SSSR count). The molecule has 1 aromatic carbocycles. The Morgan fingerprint density at radius 1 is 1.15 bits per heavy atom. The zero-order chi connectivity index (χ0) is 18.6. The first-order valence-corrected chi connectivity index (χ1v) is 8.51. The van der Waals surface area contributed by atoms with Gasteiger partial charge in [-0.25, -0.2) is 0 Å². The predicted molar refractivity (Wildman–Crippen MR) is 97.7 cm³/mol. The Kier molecular flexibility index (Phi) is 5.27. The monoisotopic (exact) mass is 353 g/mol. The maximum atomic E-state index is 10.2. The second kappa shape index (κ2) is 7.61. The summed E-state index contributed by atoms with van der Waals surface area (Å²) in [6.07, 6.45) is 2.61. The van der Waals surface area contributed by atoms with E-state index in [-0.39, 0.29) is 18.6 Å². The van der Waals surface area contributed by atoms with Gasteiger partial charge in [0, 0.05) is 18.0 Å². The molecule has 1 atom stereocenters. The number of tetrazole rings is 1. The van der Waals surface area contributed by atoms with E-state index in [0.717, 1.165) is 11.3 Å². The van der Waals surface area contributed by atoms with Crippen molar-refractivity contribution in [2.24, 2.45) is 0 Å². The van der Waals surface area contributed by atoms with Gasteiger partial charge < -0.3 is 9.84 Å². The fourth-order valence-electron chi connectivity index (χ4n) is 2.42. The average molecular weight is 353 g/mol. The Morgan fingerprint density at radius 3 is 2.58 bits per heavy atom. The van der Waals surface area contributed by atoms with Gasteiger partial charge in [-0.15, -0.1) is 10.2 Å². The van der Waals surface area contributed by atoms with E-state index in [1.807, 2.05) is 36.4 Å². The predicted octanol–water partition coefficient (Wildman–Crippen LogP) is 2.47. The van der Waals surface area contributed by atoms with E-state index in [0.29, 0.717) is 5.82 Å². The van der Waals surface area contributed by atoms with E-state index >= 15 is 0 Å². The highest BCUT2D eigenvalue weighted by molar-refractivity contribution is 5.51. The molecule has 0 radical (unpaired) electrons. The molecule has 1 N–H and O–H groups in total. The van der Waals surface area contributed by atoms with Crippen LogP contribution in [0.4, 0.5) is 0 Å². The lowest BCUT2D eigenvalue weighted by atomic mass is 9.87. The average Bonchev–Trinajstić information content (AvgIpc) is 3.09. The molecule has 0 bridgehead atoms. The van der Waals surface area contributed by atoms with Crippen LogP contribution < -0.4 is 4.74 Å². The summed E-state index contributed by atoms with van der Waals surface area (Å²) in [5.41, 5.74) is 2.12. The van der Waals surface area contributed by atoms with Crippen molar-refractivity contribution in [2.75, 3.05) is 6.61 Å². The van der Waals surface area contributed by atoms with Gasteiger partial charge in [0.15, 0.2) is 0 Å². The molecule has 0 fully saturated rings. The molecule has 0 aliphatic carbocycles. The molecule has 0 spiro atoms. The molecule has 0 aliphatic rings. The number of nitrogens with zero attached hydrogens (tertiary/aromatic N) is 5. The van der Waals surface area contributed by atoms with Crippen LogP contribution in [0.15, 0.2) is 48.8 Å². The zero-order valence-corrected chi connectivity index (χ0v) is 15.2. The number of hydrogen-bond acceptors (Lipinski definition) is 6. The summed E-state index contributed by atoms with van der Waals surface area (Å²) in [7, 11) is 0. The van der Waals surface area contributed by atoms with Gasteiger partial charge in [-0.1, -0.05) is 32.9 Å². The van der Waals surface area contributed by atoms with Gasteiger partial charge in [0.25, 0.3) is 0 Å². The molecule has 0 amide bonds. The number of ether oxygens (including phenoxy) is 1. The summed E-state index contributed by atoms with van der Waals surface area (Å²) in [6.45, 7) is 6.85. The Hall–Kier alpha value is -2.80. The summed E-state index contributed by atoms with van der Waals surface area (Å²) in [5.74, 6) is 1.20. The minimum atomic E-state index is -0.742. The molecule has 26 heavy (non-hydrogen) atoms. The smallest absolute Gasteiger partial charge is 0.206 e. The lowest BCUT2D eigenvalue weighted by molar-refractivity contribution is 0.0850. The van der Waals surface area contributed by atoms with Crippen LogP contribution in [0.1, 0.15) is 26.3 Å². The van der Waals surface area contributed by atoms with Crippen LogP contribution >= 0.6 is 0 Å². The second-order valence-corrected chi connectivity index (χ2v) is 7.15. The number of benzene rings is 1. The SMILES string of the molecule is CC(C)(C)c1ccc(OCC(O)Cn2nnc(-c3cccnc3)n2)cc1. The third-order valence-corrected chi connectivity index (χ3v) is 3.91. The van der Waals surface area contributed by atoms with E-state index < -0.39 is 6.10 Å². The van der Waals surface area contributed by atoms with Gasteiger partial charge in [0.2, 0.25) is 5.82 Å². The van der Waals surface area contributed by atoms with Crippen molar-refractivity contribution in [3.05, 3.63) is 54.4 Å². The minimum Gasteiger partial charge on any atom is -0.491 e. The molecule has 136 valence electrons. The topological polar surface area (TPSA) is 86.0 Å². The summed E-state index contributed by atoms with van der Waals surface area (Å²) in [5, 5.41) is 22.4. The quantitative estimate of drug-likeness (QED) is 0.733. The highest BCUT2D eigenvalue weighted by atomic mass is 16.5. The number of rotatable bonds is 6. The van der Waals surface area contributed by atoms with Crippen LogP contribution in [0.2, 0.25) is 0 Å². The molecule has 0 aliphatic heterocycles. The third-order valence-electron chi connectivity index (χ3n) is 3.91. The first-order valence-electron chi connectivity index (χ1n) is 8.51. The number of hydrogen-bond donors (Lipinski definition) is 1. The lowest BCUT2D eigenvalue weighted by Crippen LogP contribution is -2.25. The number of aliphatic hydroxyl groups is 1. The molecule has 3 aromatic rings. The van der Waals surface area contributed by atoms with Gasteiger partial charge in [0.1, 0.15) is 18.5 Å². The summed E-state index contributed by atoms with van der Waals surface area (Å²) < 4.78 is 5.65. The number of aliphatic hydroxyl groups excluding tert-OH is 1. The molecule has 0 saturated carbocycles. The van der Waals surface area contributed by atoms with Crippen molar-refractivity contribution in [3.8, 4) is 17.1 Å². The van der Waals surface area contributed by atoms with Gasteiger partial charge in [-0.2, -0.15) is 4.80 Å². The van der Waals surface area contributed by atoms with Crippen LogP contribution in [0.25, 0.3) is 11.4 Å². The Bertz CT molecular complexity index is 825. The normalized spacial score (nSPS) is 12.8. The fraction of sp³-hybridized carbons (Fsp3) is 0.368. The Balaban J connectivity index is 1.53. The van der Waals surface area contributed by atoms with E-state index in [4.69, 9.17) is 4.74 Å². The number of pyridine rings is 1. The van der Waals surface area contributed by atoms with Crippen LogP contribution in [0.5, 0.6) is 5.75 Å². The van der Waals surface area contributed by atoms with Crippen molar-refractivity contribution >= 4 is 0 Å². The molecule has 0 saturated heterocycles.